The largest absolute Gasteiger partial charge is 0.449 e. The van der Waals surface area contributed by atoms with Crippen LogP contribution in [0.1, 0.15) is 35.2 Å². The van der Waals surface area contributed by atoms with Crippen LogP contribution in [-0.4, -0.2) is 28.1 Å². The van der Waals surface area contributed by atoms with Gasteiger partial charge < -0.3 is 14.6 Å². The molecule has 1 aromatic carbocycles. The van der Waals surface area contributed by atoms with E-state index in [1.165, 1.54) is 18.2 Å². The first kappa shape index (κ1) is 18.5. The Morgan fingerprint density at radius 1 is 1.26 bits per heavy atom. The smallest absolute Gasteiger partial charge is 0.340 e. The first-order chi connectivity index (χ1) is 12.9. The lowest BCUT2D eigenvalue weighted by Gasteiger charge is -2.16. The van der Waals surface area contributed by atoms with Gasteiger partial charge in [-0.15, -0.1) is 0 Å². The molecule has 1 N–H and O–H groups in total. The molecule has 1 amide bonds. The molecule has 3 aromatic rings. The normalized spacial score (nSPS) is 12.0. The topological polar surface area (TPSA) is 94.3 Å². The quantitative estimate of drug-likeness (QED) is 0.689. The Labute approximate surface area is 154 Å². The molecule has 0 saturated carbocycles. The van der Waals surface area contributed by atoms with Crippen LogP contribution in [0.5, 0.6) is 0 Å². The number of nitrogens with one attached hydrogen (secondary N) is 1. The molecule has 3 rings (SSSR count). The standard InChI is InChI=1S/C19H18FN3O4/c1-4-16(18(24)22-17-7-10(2)27-23-17)26-19(25)14-8-12-5-6-13(20)9-15(12)21-11(14)3/h5-9,16H,4H2,1-3H3,(H,22,23,24). The third-order valence-corrected chi connectivity index (χ3v) is 3.98. The second-order valence-corrected chi connectivity index (χ2v) is 6.07. The van der Waals surface area contributed by atoms with E-state index in [4.69, 9.17) is 9.26 Å². The van der Waals surface area contributed by atoms with Crippen molar-refractivity contribution in [1.82, 2.24) is 10.1 Å². The van der Waals surface area contributed by atoms with Crippen LogP contribution in [0.15, 0.2) is 34.9 Å². The summed E-state index contributed by atoms with van der Waals surface area (Å²) in [6.45, 7) is 5.04. The van der Waals surface area contributed by atoms with Gasteiger partial charge in [0.05, 0.1) is 16.8 Å². The lowest BCUT2D eigenvalue weighted by molar-refractivity contribution is -0.124. The molecule has 8 heteroatoms. The predicted octanol–water partition coefficient (Wildman–Crippen LogP) is 3.55. The van der Waals surface area contributed by atoms with E-state index >= 15 is 0 Å². The molecular formula is C19H18FN3O4. The third-order valence-electron chi connectivity index (χ3n) is 3.98. The molecule has 0 aliphatic rings. The van der Waals surface area contributed by atoms with Gasteiger partial charge in [0.25, 0.3) is 5.91 Å². The van der Waals surface area contributed by atoms with E-state index in [0.29, 0.717) is 22.4 Å². The number of hydrogen-bond donors (Lipinski definition) is 1. The van der Waals surface area contributed by atoms with Crippen molar-refractivity contribution in [3.05, 3.63) is 53.2 Å². The number of nitrogens with zero attached hydrogens (tertiary/aromatic N) is 2. The number of carbonyl (C=O) groups is 2. The minimum Gasteiger partial charge on any atom is -0.449 e. The zero-order valence-electron chi connectivity index (χ0n) is 15.1. The van der Waals surface area contributed by atoms with Crippen molar-refractivity contribution in [2.24, 2.45) is 0 Å². The fourth-order valence-corrected chi connectivity index (χ4v) is 2.59. The average molecular weight is 371 g/mol. The van der Waals surface area contributed by atoms with Crippen LogP contribution in [0.4, 0.5) is 10.2 Å². The van der Waals surface area contributed by atoms with Crippen molar-refractivity contribution < 1.29 is 23.2 Å². The average Bonchev–Trinajstić information content (AvgIpc) is 3.03. The molecule has 2 aromatic heterocycles. The molecule has 0 aliphatic carbocycles. The molecule has 7 nitrogen and oxygen atoms in total. The highest BCUT2D eigenvalue weighted by Gasteiger charge is 2.24. The van der Waals surface area contributed by atoms with E-state index in [2.05, 4.69) is 15.5 Å². The molecule has 140 valence electrons. The van der Waals surface area contributed by atoms with E-state index in [0.717, 1.165) is 0 Å². The summed E-state index contributed by atoms with van der Waals surface area (Å²) in [6.07, 6.45) is -0.725. The second-order valence-electron chi connectivity index (χ2n) is 6.07. The fourth-order valence-electron chi connectivity index (χ4n) is 2.59. The molecule has 1 atom stereocenters. The van der Waals surface area contributed by atoms with Crippen molar-refractivity contribution in [3.8, 4) is 0 Å². The summed E-state index contributed by atoms with van der Waals surface area (Å²) >= 11 is 0. The molecule has 0 bridgehead atoms. The summed E-state index contributed by atoms with van der Waals surface area (Å²) in [7, 11) is 0. The van der Waals surface area contributed by atoms with Crippen molar-refractivity contribution in [1.29, 1.82) is 0 Å². The number of fused-ring (bicyclic) bond motifs is 1. The van der Waals surface area contributed by atoms with Gasteiger partial charge in [-0.25, -0.2) is 9.18 Å². The third kappa shape index (κ3) is 4.11. The first-order valence-corrected chi connectivity index (χ1v) is 8.39. The summed E-state index contributed by atoms with van der Waals surface area (Å²) in [5, 5.41) is 6.82. The zero-order chi connectivity index (χ0) is 19.6. The summed E-state index contributed by atoms with van der Waals surface area (Å²) in [6, 6.07) is 7.25. The Kier molecular flexibility index (Phi) is 5.16. The highest BCUT2D eigenvalue weighted by atomic mass is 19.1. The zero-order valence-corrected chi connectivity index (χ0v) is 15.1. The maximum absolute atomic E-state index is 13.3. The number of halogens is 1. The van der Waals surface area contributed by atoms with E-state index in [-0.39, 0.29) is 17.8 Å². The fraction of sp³-hybridized carbons (Fsp3) is 0.263. The second kappa shape index (κ2) is 7.53. The van der Waals surface area contributed by atoms with Crippen molar-refractivity contribution in [2.75, 3.05) is 5.32 Å². The summed E-state index contributed by atoms with van der Waals surface area (Å²) < 4.78 is 23.6. The van der Waals surface area contributed by atoms with Gasteiger partial charge >= 0.3 is 5.97 Å². The Morgan fingerprint density at radius 2 is 2.04 bits per heavy atom. The van der Waals surface area contributed by atoms with Crippen molar-refractivity contribution in [3.63, 3.8) is 0 Å². The number of carbonyl (C=O) groups excluding carboxylic acids is 2. The summed E-state index contributed by atoms with van der Waals surface area (Å²) in [4.78, 5) is 29.1. The van der Waals surface area contributed by atoms with Crippen LogP contribution in [0.25, 0.3) is 10.9 Å². The van der Waals surface area contributed by atoms with Crippen molar-refractivity contribution >= 4 is 28.6 Å². The van der Waals surface area contributed by atoms with Gasteiger partial charge in [-0.1, -0.05) is 12.1 Å². The number of ether oxygens (including phenoxy) is 1. The Hall–Kier alpha value is -3.29. The predicted molar refractivity (Wildman–Crippen MR) is 95.8 cm³/mol. The number of anilines is 1. The SMILES string of the molecule is CCC(OC(=O)c1cc2ccc(F)cc2nc1C)C(=O)Nc1cc(C)on1. The molecular weight excluding hydrogens is 353 g/mol. The lowest BCUT2D eigenvalue weighted by Crippen LogP contribution is -2.32. The van der Waals surface area contributed by atoms with Gasteiger partial charge in [-0.05, 0) is 38.5 Å². The number of amides is 1. The van der Waals surface area contributed by atoms with E-state index in [9.17, 15) is 14.0 Å². The van der Waals surface area contributed by atoms with Gasteiger partial charge in [0.2, 0.25) is 0 Å². The Morgan fingerprint density at radius 3 is 2.70 bits per heavy atom. The molecule has 2 heterocycles. The number of aryl methyl sites for hydroxylation is 2. The maximum atomic E-state index is 13.3. The number of pyridine rings is 1. The van der Waals surface area contributed by atoms with Crippen LogP contribution in [0.2, 0.25) is 0 Å². The minimum absolute atomic E-state index is 0.220. The first-order valence-electron chi connectivity index (χ1n) is 8.39. The molecule has 0 fully saturated rings. The van der Waals surface area contributed by atoms with E-state index < -0.39 is 23.8 Å². The van der Waals surface area contributed by atoms with E-state index in [1.54, 1.807) is 32.9 Å². The van der Waals surface area contributed by atoms with Crippen LogP contribution >= 0.6 is 0 Å². The van der Waals surface area contributed by atoms with E-state index in [1.807, 2.05) is 0 Å². The number of aromatic nitrogens is 2. The van der Waals surface area contributed by atoms with Gasteiger partial charge in [0.15, 0.2) is 11.9 Å². The minimum atomic E-state index is -1.00. The van der Waals surface area contributed by atoms with Crippen LogP contribution < -0.4 is 5.32 Å². The highest BCUT2D eigenvalue weighted by Crippen LogP contribution is 2.19. The number of hydrogen-bond acceptors (Lipinski definition) is 6. The molecule has 0 saturated heterocycles. The number of benzene rings is 1. The highest BCUT2D eigenvalue weighted by molar-refractivity contribution is 5.99. The number of esters is 1. The van der Waals surface area contributed by atoms with Crippen molar-refractivity contribution in [2.45, 2.75) is 33.3 Å². The number of rotatable bonds is 5. The van der Waals surface area contributed by atoms with Gasteiger partial charge in [-0.3, -0.25) is 9.78 Å². The maximum Gasteiger partial charge on any atom is 0.340 e. The van der Waals surface area contributed by atoms with Crippen LogP contribution in [0, 0.1) is 19.7 Å². The van der Waals surface area contributed by atoms with Crippen LogP contribution in [-0.2, 0) is 9.53 Å². The summed E-state index contributed by atoms with van der Waals surface area (Å²) in [5.74, 6) is -0.796. The Bertz CT molecular complexity index is 1020. The summed E-state index contributed by atoms with van der Waals surface area (Å²) in [5.41, 5.74) is 1.05. The van der Waals surface area contributed by atoms with Gasteiger partial charge in [0, 0.05) is 17.5 Å². The molecule has 0 spiro atoms. The monoisotopic (exact) mass is 371 g/mol. The van der Waals surface area contributed by atoms with Gasteiger partial charge in [0.1, 0.15) is 11.6 Å². The lowest BCUT2D eigenvalue weighted by atomic mass is 10.1. The molecule has 1 unspecified atom stereocenters. The van der Waals surface area contributed by atoms with Gasteiger partial charge in [-0.2, -0.15) is 0 Å². The molecule has 27 heavy (non-hydrogen) atoms. The Balaban J connectivity index is 1.78. The molecule has 0 radical (unpaired) electrons. The molecule has 0 aliphatic heterocycles. The van der Waals surface area contributed by atoms with Crippen LogP contribution in [0.3, 0.4) is 0 Å².